The Morgan fingerprint density at radius 1 is 0.619 bits per heavy atom. The molecule has 5 heteroatoms. The number of H-pyrrole nitrogens is 1. The molecular weight excluding hydrogens is 514 g/mol. The Morgan fingerprint density at radius 3 is 1.43 bits per heavy atom. The summed E-state index contributed by atoms with van der Waals surface area (Å²) in [7, 11) is 8.28. The van der Waals surface area contributed by atoms with Gasteiger partial charge in [-0.3, -0.25) is 0 Å². The summed E-state index contributed by atoms with van der Waals surface area (Å²) < 4.78 is 0. The smallest absolute Gasteiger partial charge is 0.138 e. The van der Waals surface area contributed by atoms with Crippen LogP contribution in [-0.2, 0) is 10.8 Å². The Kier molecular flexibility index (Phi) is 8.82. The van der Waals surface area contributed by atoms with Crippen molar-refractivity contribution >= 4 is 17.1 Å². The Labute approximate surface area is 254 Å². The second kappa shape index (κ2) is 11.9. The predicted octanol–water partition coefficient (Wildman–Crippen LogP) is 8.98. The molecule has 1 aromatic heterocycles. The van der Waals surface area contributed by atoms with E-state index < -0.39 is 0 Å². The van der Waals surface area contributed by atoms with Gasteiger partial charge in [-0.1, -0.05) is 65.8 Å². The van der Waals surface area contributed by atoms with Crippen molar-refractivity contribution in [3.05, 3.63) is 71.8 Å². The Bertz CT molecular complexity index is 1390. The normalized spacial score (nSPS) is 12.0. The maximum Gasteiger partial charge on any atom is 0.138 e. The lowest BCUT2D eigenvalue weighted by atomic mass is 9.77. The minimum absolute atomic E-state index is 0.0315. The summed E-state index contributed by atoms with van der Waals surface area (Å²) in [4.78, 5) is 15.9. The van der Waals surface area contributed by atoms with E-state index in [1.165, 1.54) is 28.2 Å². The van der Waals surface area contributed by atoms with E-state index in [0.717, 1.165) is 47.0 Å². The van der Waals surface area contributed by atoms with Crippen molar-refractivity contribution in [3.8, 4) is 33.9 Å². The van der Waals surface area contributed by atoms with E-state index in [4.69, 9.17) is 4.98 Å². The number of aromatic nitrogens is 2. The van der Waals surface area contributed by atoms with E-state index in [1.807, 2.05) is 0 Å². The number of imidazole rings is 1. The molecule has 0 saturated carbocycles. The van der Waals surface area contributed by atoms with Crippen LogP contribution in [-0.4, -0.2) is 51.2 Å². The van der Waals surface area contributed by atoms with Gasteiger partial charge in [-0.05, 0) is 72.2 Å². The zero-order valence-corrected chi connectivity index (χ0v) is 28.0. The van der Waals surface area contributed by atoms with Gasteiger partial charge >= 0.3 is 0 Å². The molecule has 224 valence electrons. The predicted molar refractivity (Wildman–Crippen MR) is 185 cm³/mol. The molecule has 0 bridgehead atoms. The van der Waals surface area contributed by atoms with Gasteiger partial charge in [-0.2, -0.15) is 0 Å². The minimum Gasteiger partial charge on any atom is -0.378 e. The summed E-state index contributed by atoms with van der Waals surface area (Å²) in [6, 6.07) is 22.2. The quantitative estimate of drug-likeness (QED) is 0.231. The van der Waals surface area contributed by atoms with Crippen molar-refractivity contribution in [1.29, 1.82) is 0 Å². The van der Waals surface area contributed by atoms with E-state index >= 15 is 0 Å². The molecule has 4 rings (SSSR count). The summed E-state index contributed by atoms with van der Waals surface area (Å²) in [6.45, 7) is 20.4. The monoisotopic (exact) mass is 565 g/mol. The molecule has 42 heavy (non-hydrogen) atoms. The van der Waals surface area contributed by atoms with Crippen molar-refractivity contribution in [2.75, 3.05) is 56.0 Å². The summed E-state index contributed by atoms with van der Waals surface area (Å²) in [5.41, 5.74) is 11.7. The molecule has 0 aliphatic heterocycles. The average molecular weight is 566 g/mol. The molecule has 0 spiro atoms. The summed E-state index contributed by atoms with van der Waals surface area (Å²) in [5.74, 6) is 0.899. The van der Waals surface area contributed by atoms with Gasteiger partial charge in [-0.25, -0.2) is 4.98 Å². The molecular formula is C37H51N5. The first-order valence-corrected chi connectivity index (χ1v) is 15.3. The van der Waals surface area contributed by atoms with Crippen LogP contribution in [0.15, 0.2) is 60.7 Å². The molecule has 0 radical (unpaired) electrons. The highest BCUT2D eigenvalue weighted by atomic mass is 15.1. The van der Waals surface area contributed by atoms with Crippen LogP contribution in [0, 0.1) is 0 Å². The lowest BCUT2D eigenvalue weighted by Gasteiger charge is -2.36. The van der Waals surface area contributed by atoms with Crippen LogP contribution in [0.3, 0.4) is 0 Å². The number of aromatic amines is 1. The minimum atomic E-state index is -0.0315. The molecule has 1 N–H and O–H groups in total. The van der Waals surface area contributed by atoms with Crippen LogP contribution >= 0.6 is 0 Å². The second-order valence-corrected chi connectivity index (χ2v) is 13.8. The molecule has 3 aromatic carbocycles. The molecule has 1 heterocycles. The van der Waals surface area contributed by atoms with E-state index in [-0.39, 0.29) is 10.8 Å². The van der Waals surface area contributed by atoms with Crippen LogP contribution < -0.4 is 14.7 Å². The van der Waals surface area contributed by atoms with Crippen LogP contribution in [0.1, 0.15) is 66.5 Å². The maximum absolute atomic E-state index is 5.33. The fraction of sp³-hybridized carbons (Fsp3) is 0.432. The zero-order valence-electron chi connectivity index (χ0n) is 28.0. The van der Waals surface area contributed by atoms with Crippen molar-refractivity contribution < 1.29 is 0 Å². The zero-order chi connectivity index (χ0) is 31.0. The number of anilines is 3. The molecule has 4 aromatic rings. The Balaban J connectivity index is 2.00. The van der Waals surface area contributed by atoms with Gasteiger partial charge in [-0.15, -0.1) is 0 Å². The molecule has 5 nitrogen and oxygen atoms in total. The topological polar surface area (TPSA) is 38.4 Å². The third-order valence-electron chi connectivity index (χ3n) is 8.11. The summed E-state index contributed by atoms with van der Waals surface area (Å²) >= 11 is 0. The largest absolute Gasteiger partial charge is 0.378 e. The second-order valence-electron chi connectivity index (χ2n) is 13.8. The molecule has 0 aliphatic rings. The Morgan fingerprint density at radius 2 is 1.05 bits per heavy atom. The van der Waals surface area contributed by atoms with Gasteiger partial charge < -0.3 is 19.7 Å². The Hall–Kier alpha value is -3.73. The van der Waals surface area contributed by atoms with Gasteiger partial charge in [0.25, 0.3) is 0 Å². The van der Waals surface area contributed by atoms with Gasteiger partial charge in [0.2, 0.25) is 0 Å². The number of benzene rings is 3. The van der Waals surface area contributed by atoms with Crippen LogP contribution in [0.5, 0.6) is 0 Å². The number of hydrogen-bond acceptors (Lipinski definition) is 4. The van der Waals surface area contributed by atoms with Gasteiger partial charge in [0.15, 0.2) is 0 Å². The SMILES string of the molecule is CCN(CC)c1c(C(C)(C)C)cc(-c2nc(-c3ccc(N(C)C)cc3)c(-c3ccc(N(C)C)cc3)[nH]2)cc1C(C)(C)C. The van der Waals surface area contributed by atoms with Crippen molar-refractivity contribution in [1.82, 2.24) is 9.97 Å². The lowest BCUT2D eigenvalue weighted by Crippen LogP contribution is -2.30. The molecule has 0 aliphatic carbocycles. The fourth-order valence-corrected chi connectivity index (χ4v) is 5.57. The van der Waals surface area contributed by atoms with E-state index in [2.05, 4.69) is 164 Å². The van der Waals surface area contributed by atoms with Gasteiger partial charge in [0.1, 0.15) is 5.82 Å². The third-order valence-corrected chi connectivity index (χ3v) is 8.11. The highest BCUT2D eigenvalue weighted by Gasteiger charge is 2.30. The first-order chi connectivity index (χ1) is 19.6. The maximum atomic E-state index is 5.33. The van der Waals surface area contributed by atoms with Crippen molar-refractivity contribution in [3.63, 3.8) is 0 Å². The summed E-state index contributed by atoms with van der Waals surface area (Å²) in [5, 5.41) is 0. The first kappa shape index (κ1) is 31.2. The molecule has 0 atom stereocenters. The van der Waals surface area contributed by atoms with Gasteiger partial charge in [0.05, 0.1) is 11.4 Å². The van der Waals surface area contributed by atoms with E-state index in [9.17, 15) is 0 Å². The van der Waals surface area contributed by atoms with Crippen LogP contribution in [0.2, 0.25) is 0 Å². The lowest BCUT2D eigenvalue weighted by molar-refractivity contribution is 0.564. The van der Waals surface area contributed by atoms with Crippen LogP contribution in [0.4, 0.5) is 17.1 Å². The van der Waals surface area contributed by atoms with Crippen molar-refractivity contribution in [2.45, 2.75) is 66.2 Å². The molecule has 0 amide bonds. The fourth-order valence-electron chi connectivity index (χ4n) is 5.57. The molecule has 0 fully saturated rings. The van der Waals surface area contributed by atoms with Crippen LogP contribution in [0.25, 0.3) is 33.9 Å². The van der Waals surface area contributed by atoms with Crippen molar-refractivity contribution in [2.24, 2.45) is 0 Å². The number of nitrogens with zero attached hydrogens (tertiary/aromatic N) is 4. The highest BCUT2D eigenvalue weighted by Crippen LogP contribution is 2.44. The van der Waals surface area contributed by atoms with Gasteiger partial charge in [0, 0.05) is 75.0 Å². The number of nitrogens with one attached hydrogen (secondary N) is 1. The molecule has 0 unspecified atom stereocenters. The third kappa shape index (κ3) is 6.35. The number of rotatable bonds is 8. The standard InChI is InChI=1S/C37H51N5/c1-13-42(14-2)34-30(36(3,4)5)23-27(24-31(34)37(6,7)8)35-38-32(25-15-19-28(20-16-25)40(9)10)33(39-35)26-17-21-29(22-18-26)41(11)12/h15-24H,13-14H2,1-12H3,(H,38,39). The highest BCUT2D eigenvalue weighted by molar-refractivity contribution is 5.83. The number of hydrogen-bond donors (Lipinski definition) is 1. The first-order valence-electron chi connectivity index (χ1n) is 15.3. The summed E-state index contributed by atoms with van der Waals surface area (Å²) in [6.07, 6.45) is 0. The van der Waals surface area contributed by atoms with E-state index in [0.29, 0.717) is 0 Å². The molecule has 0 saturated heterocycles. The average Bonchev–Trinajstić information content (AvgIpc) is 3.38. The van der Waals surface area contributed by atoms with E-state index in [1.54, 1.807) is 0 Å².